The van der Waals surface area contributed by atoms with Gasteiger partial charge in [0.2, 0.25) is 0 Å². The van der Waals surface area contributed by atoms with E-state index in [9.17, 15) is 8.78 Å². The molecule has 6 nitrogen and oxygen atoms in total. The summed E-state index contributed by atoms with van der Waals surface area (Å²) in [5.74, 6) is 1.33. The van der Waals surface area contributed by atoms with Crippen LogP contribution in [0.4, 0.5) is 20.4 Å². The molecule has 0 bridgehead atoms. The smallest absolute Gasteiger partial charge is 0.251 e. The van der Waals surface area contributed by atoms with Crippen molar-refractivity contribution in [1.29, 1.82) is 0 Å². The van der Waals surface area contributed by atoms with Crippen LogP contribution in [0.25, 0.3) is 0 Å². The minimum atomic E-state index is -2.54. The number of fused-ring (bicyclic) bond motifs is 1. The van der Waals surface area contributed by atoms with Gasteiger partial charge in [-0.3, -0.25) is 0 Å². The maximum absolute atomic E-state index is 13.3. The van der Waals surface area contributed by atoms with E-state index in [0.717, 1.165) is 36.8 Å². The molecule has 0 aromatic carbocycles. The Morgan fingerprint density at radius 1 is 1.03 bits per heavy atom. The van der Waals surface area contributed by atoms with Gasteiger partial charge in [-0.25, -0.2) is 8.78 Å². The molecule has 0 radical (unpaired) electrons. The maximum atomic E-state index is 13.3. The van der Waals surface area contributed by atoms with Crippen LogP contribution in [0.3, 0.4) is 0 Å². The van der Waals surface area contributed by atoms with Crippen molar-refractivity contribution in [3.8, 4) is 0 Å². The van der Waals surface area contributed by atoms with Gasteiger partial charge in [0.1, 0.15) is 5.82 Å². The standard InChI is InChI=1S/C22H33F2N5O/c23-22(24)5-7-29(8-6-22)21-2-1-20(26-27-21)25-19-11-17-14-28(15-18(17)12-19)13-16-3-9-30-10-4-16/h1-2,16-19H,3-15H2,(H,25,26)/t17-,18+,19+. The first kappa shape index (κ1) is 20.4. The summed E-state index contributed by atoms with van der Waals surface area (Å²) in [6.07, 6.45) is 4.60. The van der Waals surface area contributed by atoms with Crippen LogP contribution in [0.5, 0.6) is 0 Å². The van der Waals surface area contributed by atoms with E-state index in [4.69, 9.17) is 4.74 Å². The molecule has 30 heavy (non-hydrogen) atoms. The molecule has 0 amide bonds. The maximum Gasteiger partial charge on any atom is 0.251 e. The van der Waals surface area contributed by atoms with Gasteiger partial charge in [0.05, 0.1) is 0 Å². The number of nitrogens with one attached hydrogen (secondary N) is 1. The van der Waals surface area contributed by atoms with Gasteiger partial charge in [0.25, 0.3) is 5.92 Å². The summed E-state index contributed by atoms with van der Waals surface area (Å²) in [6.45, 7) is 6.23. The molecule has 4 fully saturated rings. The van der Waals surface area contributed by atoms with Gasteiger partial charge in [-0.1, -0.05) is 0 Å². The molecule has 3 saturated heterocycles. The monoisotopic (exact) mass is 421 g/mol. The highest BCUT2D eigenvalue weighted by Crippen LogP contribution is 2.39. The van der Waals surface area contributed by atoms with E-state index in [1.54, 1.807) is 0 Å². The number of piperidine rings is 1. The summed E-state index contributed by atoms with van der Waals surface area (Å²) in [5.41, 5.74) is 0. The third-order valence-corrected chi connectivity index (χ3v) is 7.51. The van der Waals surface area contributed by atoms with Crippen molar-refractivity contribution >= 4 is 11.6 Å². The van der Waals surface area contributed by atoms with Crippen molar-refractivity contribution in [3.63, 3.8) is 0 Å². The van der Waals surface area contributed by atoms with E-state index in [0.29, 0.717) is 24.9 Å². The second-order valence-corrected chi connectivity index (χ2v) is 9.73. The number of nitrogens with zero attached hydrogens (tertiary/aromatic N) is 4. The van der Waals surface area contributed by atoms with Crippen LogP contribution in [-0.4, -0.2) is 73.0 Å². The van der Waals surface area contributed by atoms with E-state index in [1.165, 1.54) is 45.3 Å². The molecule has 1 aromatic rings. The molecule has 166 valence electrons. The second kappa shape index (κ2) is 8.54. The number of rotatable bonds is 5. The Morgan fingerprint density at radius 2 is 1.73 bits per heavy atom. The molecule has 4 aliphatic rings. The summed E-state index contributed by atoms with van der Waals surface area (Å²) < 4.78 is 32.2. The van der Waals surface area contributed by atoms with Crippen LogP contribution >= 0.6 is 0 Å². The second-order valence-electron chi connectivity index (χ2n) is 9.73. The number of ether oxygens (including phenoxy) is 1. The van der Waals surface area contributed by atoms with Gasteiger partial charge in [-0.05, 0) is 55.6 Å². The highest BCUT2D eigenvalue weighted by molar-refractivity contribution is 5.44. The summed E-state index contributed by atoms with van der Waals surface area (Å²) in [6, 6.07) is 4.31. The fraction of sp³-hybridized carbons (Fsp3) is 0.818. The first-order valence-corrected chi connectivity index (χ1v) is 11.6. The normalized spacial score (nSPS) is 32.3. The predicted molar refractivity (Wildman–Crippen MR) is 112 cm³/mol. The Kier molecular flexibility index (Phi) is 5.79. The molecule has 1 aromatic heterocycles. The number of alkyl halides is 2. The van der Waals surface area contributed by atoms with Crippen LogP contribution in [0.15, 0.2) is 12.1 Å². The minimum absolute atomic E-state index is 0.106. The lowest BCUT2D eigenvalue weighted by Crippen LogP contribution is -2.39. The molecular formula is C22H33F2N5O. The highest BCUT2D eigenvalue weighted by atomic mass is 19.3. The van der Waals surface area contributed by atoms with Crippen molar-refractivity contribution in [3.05, 3.63) is 12.1 Å². The molecule has 5 rings (SSSR count). The number of likely N-dealkylation sites (tertiary alicyclic amines) is 1. The SMILES string of the molecule is FC1(F)CCN(c2ccc(N[C@H]3C[C@@H]4CN(CC5CCOCC5)C[C@@H]4C3)nn2)CC1. The Morgan fingerprint density at radius 3 is 2.37 bits per heavy atom. The van der Waals surface area contributed by atoms with Crippen molar-refractivity contribution in [2.24, 2.45) is 17.8 Å². The number of hydrogen-bond acceptors (Lipinski definition) is 6. The van der Waals surface area contributed by atoms with E-state index >= 15 is 0 Å². The molecule has 8 heteroatoms. The molecule has 0 unspecified atom stereocenters. The zero-order valence-electron chi connectivity index (χ0n) is 17.6. The number of halogens is 2. The van der Waals surface area contributed by atoms with Crippen LogP contribution in [0.1, 0.15) is 38.5 Å². The lowest BCUT2D eigenvalue weighted by atomic mass is 10.00. The van der Waals surface area contributed by atoms with E-state index < -0.39 is 5.92 Å². The molecule has 1 aliphatic carbocycles. The van der Waals surface area contributed by atoms with Gasteiger partial charge in [0, 0.05) is 64.8 Å². The zero-order valence-corrected chi connectivity index (χ0v) is 17.6. The van der Waals surface area contributed by atoms with Gasteiger partial charge >= 0.3 is 0 Å². The summed E-state index contributed by atoms with van der Waals surface area (Å²) >= 11 is 0. The third kappa shape index (κ3) is 4.69. The van der Waals surface area contributed by atoms with E-state index in [2.05, 4.69) is 20.4 Å². The molecule has 1 N–H and O–H groups in total. The van der Waals surface area contributed by atoms with E-state index in [-0.39, 0.29) is 12.8 Å². The first-order chi connectivity index (χ1) is 14.5. The van der Waals surface area contributed by atoms with E-state index in [1.807, 2.05) is 17.0 Å². The van der Waals surface area contributed by atoms with Crippen molar-refractivity contribution in [1.82, 2.24) is 15.1 Å². The van der Waals surface area contributed by atoms with Crippen molar-refractivity contribution in [2.45, 2.75) is 50.5 Å². The third-order valence-electron chi connectivity index (χ3n) is 7.51. The van der Waals surface area contributed by atoms with Crippen LogP contribution in [0, 0.1) is 17.8 Å². The van der Waals surface area contributed by atoms with Gasteiger partial charge in [0.15, 0.2) is 5.82 Å². The summed E-state index contributed by atoms with van der Waals surface area (Å²) in [4.78, 5) is 4.58. The summed E-state index contributed by atoms with van der Waals surface area (Å²) in [7, 11) is 0. The van der Waals surface area contributed by atoms with Gasteiger partial charge < -0.3 is 19.9 Å². The zero-order chi connectivity index (χ0) is 20.6. The molecular weight excluding hydrogens is 388 g/mol. The molecule has 3 aliphatic heterocycles. The lowest BCUT2D eigenvalue weighted by molar-refractivity contribution is -0.0221. The Hall–Kier alpha value is -1.54. The van der Waals surface area contributed by atoms with Crippen molar-refractivity contribution in [2.75, 3.05) is 56.2 Å². The topological polar surface area (TPSA) is 53.5 Å². The van der Waals surface area contributed by atoms with Gasteiger partial charge in [-0.2, -0.15) is 0 Å². The van der Waals surface area contributed by atoms with Crippen molar-refractivity contribution < 1.29 is 13.5 Å². The minimum Gasteiger partial charge on any atom is -0.381 e. The molecule has 0 spiro atoms. The highest BCUT2D eigenvalue weighted by Gasteiger charge is 2.41. The Bertz CT molecular complexity index is 688. The predicted octanol–water partition coefficient (Wildman–Crippen LogP) is 3.26. The number of anilines is 2. The van der Waals surface area contributed by atoms with Crippen LogP contribution in [0.2, 0.25) is 0 Å². The average Bonchev–Trinajstić information content (AvgIpc) is 3.27. The van der Waals surface area contributed by atoms with Gasteiger partial charge in [-0.15, -0.1) is 10.2 Å². The fourth-order valence-electron chi connectivity index (χ4n) is 5.80. The number of hydrogen-bond donors (Lipinski definition) is 1. The molecule has 4 heterocycles. The fourth-order valence-corrected chi connectivity index (χ4v) is 5.80. The Balaban J connectivity index is 1.08. The molecule has 1 saturated carbocycles. The average molecular weight is 422 g/mol. The number of aromatic nitrogens is 2. The van der Waals surface area contributed by atoms with Crippen LogP contribution < -0.4 is 10.2 Å². The quantitative estimate of drug-likeness (QED) is 0.788. The lowest BCUT2D eigenvalue weighted by Gasteiger charge is -2.32. The Labute approximate surface area is 177 Å². The summed E-state index contributed by atoms with van der Waals surface area (Å²) in [5, 5.41) is 12.2. The first-order valence-electron chi connectivity index (χ1n) is 11.6. The van der Waals surface area contributed by atoms with Crippen LogP contribution in [-0.2, 0) is 4.74 Å². The largest absolute Gasteiger partial charge is 0.381 e. The molecule has 3 atom stereocenters.